The van der Waals surface area contributed by atoms with E-state index in [0.717, 1.165) is 11.4 Å². The maximum Gasteiger partial charge on any atom is 0.161 e. The number of nitrogens with zero attached hydrogens (tertiary/aromatic N) is 3. The molecule has 0 aliphatic rings. The summed E-state index contributed by atoms with van der Waals surface area (Å²) in [5.74, 6) is 0. The van der Waals surface area contributed by atoms with Crippen molar-refractivity contribution in [3.05, 3.63) is 29.5 Å². The molecule has 2 heterocycles. The van der Waals surface area contributed by atoms with Crippen LogP contribution in [0.2, 0.25) is 0 Å². The van der Waals surface area contributed by atoms with Crippen LogP contribution in [0.5, 0.6) is 0 Å². The van der Waals surface area contributed by atoms with E-state index in [-0.39, 0.29) is 0 Å². The van der Waals surface area contributed by atoms with Crippen LogP contribution in [0.1, 0.15) is 30.2 Å². The quantitative estimate of drug-likeness (QED) is 0.696. The predicted octanol–water partition coefficient (Wildman–Crippen LogP) is 2.38. The Labute approximate surface area is 81.6 Å². The lowest BCUT2D eigenvalue weighted by molar-refractivity contribution is 0.366. The van der Waals surface area contributed by atoms with Crippen LogP contribution in [0.15, 0.2) is 12.4 Å². The molecule has 0 saturated carbocycles. The number of imidazole rings is 1. The molecular formula is C10H12FN3. The monoisotopic (exact) mass is 193 g/mol. The second kappa shape index (κ2) is 3.04. The summed E-state index contributed by atoms with van der Waals surface area (Å²) in [6.45, 7) is 5.21. The SMILES string of the molecule is Cc1cn2cc(C)nc2c(C(C)F)n1. The zero-order valence-corrected chi connectivity index (χ0v) is 8.45. The number of fused-ring (bicyclic) bond motifs is 1. The van der Waals surface area contributed by atoms with Gasteiger partial charge in [-0.15, -0.1) is 0 Å². The van der Waals surface area contributed by atoms with Gasteiger partial charge in [-0.2, -0.15) is 0 Å². The molecule has 0 saturated heterocycles. The number of hydrogen-bond acceptors (Lipinski definition) is 2. The molecule has 2 rings (SSSR count). The number of hydrogen-bond donors (Lipinski definition) is 0. The van der Waals surface area contributed by atoms with Gasteiger partial charge in [0.2, 0.25) is 0 Å². The molecule has 0 amide bonds. The molecule has 4 heteroatoms. The van der Waals surface area contributed by atoms with Crippen molar-refractivity contribution in [1.29, 1.82) is 0 Å². The highest BCUT2D eigenvalue weighted by molar-refractivity contribution is 5.46. The van der Waals surface area contributed by atoms with Crippen LogP contribution >= 0.6 is 0 Å². The lowest BCUT2D eigenvalue weighted by Crippen LogP contribution is -1.99. The fraction of sp³-hybridized carbons (Fsp3) is 0.400. The average Bonchev–Trinajstić information content (AvgIpc) is 2.42. The molecule has 74 valence electrons. The van der Waals surface area contributed by atoms with E-state index in [2.05, 4.69) is 9.97 Å². The van der Waals surface area contributed by atoms with Gasteiger partial charge in [0.05, 0.1) is 11.4 Å². The van der Waals surface area contributed by atoms with Gasteiger partial charge in [-0.3, -0.25) is 0 Å². The Morgan fingerprint density at radius 3 is 2.36 bits per heavy atom. The lowest BCUT2D eigenvalue weighted by atomic mass is 10.3. The molecule has 0 bridgehead atoms. The fourth-order valence-corrected chi connectivity index (χ4v) is 1.54. The molecule has 0 spiro atoms. The van der Waals surface area contributed by atoms with Gasteiger partial charge in [0, 0.05) is 12.4 Å². The van der Waals surface area contributed by atoms with Crippen LogP contribution in [0.4, 0.5) is 4.39 Å². The average molecular weight is 193 g/mol. The fourth-order valence-electron chi connectivity index (χ4n) is 1.54. The van der Waals surface area contributed by atoms with Gasteiger partial charge in [0.25, 0.3) is 0 Å². The molecule has 3 nitrogen and oxygen atoms in total. The first-order valence-electron chi connectivity index (χ1n) is 4.55. The van der Waals surface area contributed by atoms with Crippen LogP contribution < -0.4 is 0 Å². The summed E-state index contributed by atoms with van der Waals surface area (Å²) >= 11 is 0. The Morgan fingerprint density at radius 2 is 1.79 bits per heavy atom. The van der Waals surface area contributed by atoms with Gasteiger partial charge < -0.3 is 4.40 Å². The second-order valence-electron chi connectivity index (χ2n) is 3.50. The first kappa shape index (κ1) is 9.12. The van der Waals surface area contributed by atoms with Gasteiger partial charge in [-0.25, -0.2) is 14.4 Å². The number of aryl methyl sites for hydroxylation is 2. The summed E-state index contributed by atoms with van der Waals surface area (Å²) in [5, 5.41) is 0. The summed E-state index contributed by atoms with van der Waals surface area (Å²) in [5.41, 5.74) is 2.70. The standard InChI is InChI=1S/C10H12FN3/c1-6-4-14-5-7(2)13-10(14)9(12-6)8(3)11/h4-5,8H,1-3H3. The lowest BCUT2D eigenvalue weighted by Gasteiger charge is -2.04. The highest BCUT2D eigenvalue weighted by Gasteiger charge is 2.12. The smallest absolute Gasteiger partial charge is 0.161 e. The van der Waals surface area contributed by atoms with Gasteiger partial charge in [0.1, 0.15) is 11.9 Å². The highest BCUT2D eigenvalue weighted by Crippen LogP contribution is 2.19. The van der Waals surface area contributed by atoms with Crippen molar-refractivity contribution in [3.8, 4) is 0 Å². The maximum absolute atomic E-state index is 13.2. The van der Waals surface area contributed by atoms with E-state index in [1.54, 1.807) is 0 Å². The summed E-state index contributed by atoms with van der Waals surface area (Å²) in [4.78, 5) is 8.39. The Hall–Kier alpha value is -1.45. The molecule has 2 aromatic rings. The third-order valence-electron chi connectivity index (χ3n) is 2.08. The minimum atomic E-state index is -1.08. The summed E-state index contributed by atoms with van der Waals surface area (Å²) < 4.78 is 15.1. The van der Waals surface area contributed by atoms with E-state index in [9.17, 15) is 4.39 Å². The first-order chi connectivity index (χ1) is 6.58. The third-order valence-corrected chi connectivity index (χ3v) is 2.08. The molecule has 1 atom stereocenters. The van der Waals surface area contributed by atoms with Gasteiger partial charge in [-0.1, -0.05) is 0 Å². The van der Waals surface area contributed by atoms with Crippen molar-refractivity contribution < 1.29 is 4.39 Å². The highest BCUT2D eigenvalue weighted by atomic mass is 19.1. The molecule has 0 fully saturated rings. The molecule has 0 radical (unpaired) electrons. The zero-order valence-electron chi connectivity index (χ0n) is 8.45. The minimum absolute atomic E-state index is 0.415. The van der Waals surface area contributed by atoms with Crippen LogP contribution in [0, 0.1) is 13.8 Å². The maximum atomic E-state index is 13.2. The Bertz CT molecular complexity index is 473. The summed E-state index contributed by atoms with van der Waals surface area (Å²) in [6.07, 6.45) is 2.64. The summed E-state index contributed by atoms with van der Waals surface area (Å²) in [6, 6.07) is 0. The van der Waals surface area contributed by atoms with Crippen LogP contribution in [0.25, 0.3) is 5.65 Å². The van der Waals surface area contributed by atoms with E-state index >= 15 is 0 Å². The van der Waals surface area contributed by atoms with Crippen LogP contribution in [-0.2, 0) is 0 Å². The van der Waals surface area contributed by atoms with Gasteiger partial charge in [-0.05, 0) is 20.8 Å². The predicted molar refractivity (Wildman–Crippen MR) is 52.0 cm³/mol. The summed E-state index contributed by atoms with van der Waals surface area (Å²) in [7, 11) is 0. The van der Waals surface area contributed by atoms with E-state index < -0.39 is 6.17 Å². The van der Waals surface area contributed by atoms with Crippen molar-refractivity contribution in [2.75, 3.05) is 0 Å². The van der Waals surface area contributed by atoms with E-state index in [4.69, 9.17) is 0 Å². The van der Waals surface area contributed by atoms with Crippen molar-refractivity contribution >= 4 is 5.65 Å². The van der Waals surface area contributed by atoms with Crippen LogP contribution in [0.3, 0.4) is 0 Å². The van der Waals surface area contributed by atoms with Crippen molar-refractivity contribution in [1.82, 2.24) is 14.4 Å². The molecule has 0 aliphatic heterocycles. The number of alkyl halides is 1. The Kier molecular flexibility index (Phi) is 1.98. The topological polar surface area (TPSA) is 30.2 Å². The van der Waals surface area contributed by atoms with Crippen molar-refractivity contribution in [3.63, 3.8) is 0 Å². The normalized spacial score (nSPS) is 13.4. The first-order valence-corrected chi connectivity index (χ1v) is 4.55. The molecule has 0 N–H and O–H groups in total. The molecule has 0 aromatic carbocycles. The molecule has 0 aliphatic carbocycles. The molecule has 2 aromatic heterocycles. The number of rotatable bonds is 1. The van der Waals surface area contributed by atoms with E-state index in [1.807, 2.05) is 30.6 Å². The van der Waals surface area contributed by atoms with E-state index in [0.29, 0.717) is 11.3 Å². The largest absolute Gasteiger partial charge is 0.303 e. The van der Waals surface area contributed by atoms with Crippen molar-refractivity contribution in [2.24, 2.45) is 0 Å². The van der Waals surface area contributed by atoms with E-state index in [1.165, 1.54) is 6.92 Å². The molecule has 14 heavy (non-hydrogen) atoms. The Balaban J connectivity index is 2.79. The number of halogens is 1. The molecule has 1 unspecified atom stereocenters. The zero-order chi connectivity index (χ0) is 10.3. The third kappa shape index (κ3) is 1.36. The minimum Gasteiger partial charge on any atom is -0.303 e. The van der Waals surface area contributed by atoms with Gasteiger partial charge >= 0.3 is 0 Å². The molecular weight excluding hydrogens is 181 g/mol. The number of aromatic nitrogens is 3. The van der Waals surface area contributed by atoms with Gasteiger partial charge in [0.15, 0.2) is 5.65 Å². The van der Waals surface area contributed by atoms with Crippen LogP contribution in [-0.4, -0.2) is 14.4 Å². The second-order valence-corrected chi connectivity index (χ2v) is 3.50. The Morgan fingerprint density at radius 1 is 1.21 bits per heavy atom. The van der Waals surface area contributed by atoms with Crippen molar-refractivity contribution in [2.45, 2.75) is 26.9 Å².